The van der Waals surface area contributed by atoms with Crippen molar-refractivity contribution in [2.75, 3.05) is 4.90 Å². The third kappa shape index (κ3) is 2.94. The summed E-state index contributed by atoms with van der Waals surface area (Å²) in [4.78, 5) is 17.3. The quantitative estimate of drug-likeness (QED) is 0.651. The topological polar surface area (TPSA) is 51.0 Å². The van der Waals surface area contributed by atoms with Gasteiger partial charge in [-0.1, -0.05) is 47.8 Å². The average Bonchev–Trinajstić information content (AvgIpc) is 3.03. The number of rotatable bonds is 3. The molecular formula is C18H16N4OS2. The highest BCUT2D eigenvalue weighted by molar-refractivity contribution is 8.00. The Hall–Kier alpha value is -2.25. The number of benzene rings is 2. The van der Waals surface area contributed by atoms with E-state index in [1.54, 1.807) is 18.1 Å². The molecule has 0 aliphatic carbocycles. The zero-order valence-electron chi connectivity index (χ0n) is 13.8. The SMILES string of the molecule is C[C@H](Sc1nncn1C)C(=O)N1c2ccccc2Sc2ccccc21. The van der Waals surface area contributed by atoms with Gasteiger partial charge in [-0.3, -0.25) is 9.69 Å². The van der Waals surface area contributed by atoms with Gasteiger partial charge in [-0.05, 0) is 31.2 Å². The molecule has 1 aliphatic heterocycles. The van der Waals surface area contributed by atoms with Crippen molar-refractivity contribution >= 4 is 40.8 Å². The molecule has 0 spiro atoms. The van der Waals surface area contributed by atoms with Crippen LogP contribution < -0.4 is 4.90 Å². The predicted octanol–water partition coefficient (Wildman–Crippen LogP) is 4.13. The van der Waals surface area contributed by atoms with E-state index in [4.69, 9.17) is 0 Å². The van der Waals surface area contributed by atoms with Crippen LogP contribution in [0.4, 0.5) is 11.4 Å². The van der Waals surface area contributed by atoms with Crippen LogP contribution in [0, 0.1) is 0 Å². The first-order chi connectivity index (χ1) is 12.1. The molecule has 0 bridgehead atoms. The van der Waals surface area contributed by atoms with Crippen LogP contribution in [0.15, 0.2) is 69.8 Å². The van der Waals surface area contributed by atoms with E-state index < -0.39 is 0 Å². The van der Waals surface area contributed by atoms with E-state index >= 15 is 0 Å². The zero-order valence-corrected chi connectivity index (χ0v) is 15.4. The predicted molar refractivity (Wildman–Crippen MR) is 100 cm³/mol. The number of anilines is 2. The van der Waals surface area contributed by atoms with Crippen LogP contribution in [-0.4, -0.2) is 25.9 Å². The second kappa shape index (κ2) is 6.57. The highest BCUT2D eigenvalue weighted by Crippen LogP contribution is 2.48. The molecule has 4 rings (SSSR count). The van der Waals surface area contributed by atoms with Crippen LogP contribution in [0.25, 0.3) is 0 Å². The summed E-state index contributed by atoms with van der Waals surface area (Å²) >= 11 is 3.12. The van der Waals surface area contributed by atoms with Gasteiger partial charge in [0, 0.05) is 16.8 Å². The van der Waals surface area contributed by atoms with E-state index in [9.17, 15) is 4.79 Å². The smallest absolute Gasteiger partial charge is 0.244 e. The van der Waals surface area contributed by atoms with Gasteiger partial charge in [0.25, 0.3) is 0 Å². The second-order valence-corrected chi connectivity index (χ2v) is 8.09. The molecule has 126 valence electrons. The van der Waals surface area contributed by atoms with Gasteiger partial charge in [0.15, 0.2) is 5.16 Å². The average molecular weight is 368 g/mol. The van der Waals surface area contributed by atoms with Crippen LogP contribution in [0.1, 0.15) is 6.92 Å². The highest BCUT2D eigenvalue weighted by atomic mass is 32.2. The number of hydrogen-bond acceptors (Lipinski definition) is 5. The maximum absolute atomic E-state index is 13.3. The first-order valence-electron chi connectivity index (χ1n) is 7.85. The van der Waals surface area contributed by atoms with E-state index in [-0.39, 0.29) is 11.2 Å². The summed E-state index contributed by atoms with van der Waals surface area (Å²) in [5, 5.41) is 8.40. The van der Waals surface area contributed by atoms with E-state index in [1.807, 2.05) is 59.8 Å². The highest BCUT2D eigenvalue weighted by Gasteiger charge is 2.31. The zero-order chi connectivity index (χ0) is 17.4. The Balaban J connectivity index is 1.71. The lowest BCUT2D eigenvalue weighted by Crippen LogP contribution is -2.34. The van der Waals surface area contributed by atoms with Gasteiger partial charge >= 0.3 is 0 Å². The number of carbonyl (C=O) groups excluding carboxylic acids is 1. The number of aromatic nitrogens is 3. The van der Waals surface area contributed by atoms with E-state index in [1.165, 1.54) is 11.8 Å². The summed E-state index contributed by atoms with van der Waals surface area (Å²) in [6.45, 7) is 1.91. The van der Waals surface area contributed by atoms with Crippen LogP contribution in [0.5, 0.6) is 0 Å². The molecule has 2 heterocycles. The maximum Gasteiger partial charge on any atom is 0.244 e. The van der Waals surface area contributed by atoms with Gasteiger partial charge in [-0.15, -0.1) is 10.2 Å². The molecule has 1 aromatic heterocycles. The van der Waals surface area contributed by atoms with Crippen molar-refractivity contribution in [2.45, 2.75) is 27.1 Å². The molecule has 0 saturated carbocycles. The summed E-state index contributed by atoms with van der Waals surface area (Å²) in [5.41, 5.74) is 1.86. The van der Waals surface area contributed by atoms with Gasteiger partial charge in [-0.2, -0.15) is 0 Å². The van der Waals surface area contributed by atoms with Crippen molar-refractivity contribution in [3.8, 4) is 0 Å². The molecule has 1 amide bonds. The lowest BCUT2D eigenvalue weighted by molar-refractivity contribution is -0.117. The van der Waals surface area contributed by atoms with Crippen molar-refractivity contribution in [1.82, 2.24) is 14.8 Å². The minimum absolute atomic E-state index is 0.0354. The van der Waals surface area contributed by atoms with Crippen molar-refractivity contribution in [3.05, 3.63) is 54.9 Å². The lowest BCUT2D eigenvalue weighted by atomic mass is 10.2. The van der Waals surface area contributed by atoms with Gasteiger partial charge in [0.1, 0.15) is 6.33 Å². The Morgan fingerprint density at radius 2 is 1.68 bits per heavy atom. The van der Waals surface area contributed by atoms with Crippen molar-refractivity contribution in [2.24, 2.45) is 7.05 Å². The standard InChI is InChI=1S/C18H16N4OS2/c1-12(24-18-20-19-11-21(18)2)17(23)22-13-7-3-5-9-15(13)25-16-10-6-4-8-14(16)22/h3-12H,1-2H3/t12-/m0/s1. The monoisotopic (exact) mass is 368 g/mol. The summed E-state index contributed by atoms with van der Waals surface area (Å²) in [6, 6.07) is 16.0. The first kappa shape index (κ1) is 16.2. The van der Waals surface area contributed by atoms with E-state index in [0.717, 1.165) is 26.3 Å². The molecule has 5 nitrogen and oxygen atoms in total. The Morgan fingerprint density at radius 3 is 2.24 bits per heavy atom. The van der Waals surface area contributed by atoms with E-state index in [2.05, 4.69) is 22.3 Å². The molecule has 1 atom stereocenters. The number of para-hydroxylation sites is 2. The fourth-order valence-corrected chi connectivity index (χ4v) is 4.60. The number of amides is 1. The summed E-state index contributed by atoms with van der Waals surface area (Å²) in [6.07, 6.45) is 1.64. The number of nitrogens with zero attached hydrogens (tertiary/aromatic N) is 4. The molecule has 0 radical (unpaired) electrons. The van der Waals surface area contributed by atoms with Crippen LogP contribution in [-0.2, 0) is 11.8 Å². The van der Waals surface area contributed by atoms with Crippen LogP contribution in [0.3, 0.4) is 0 Å². The number of thioether (sulfide) groups is 1. The van der Waals surface area contributed by atoms with Crippen molar-refractivity contribution in [1.29, 1.82) is 0 Å². The first-order valence-corrected chi connectivity index (χ1v) is 9.55. The summed E-state index contributed by atoms with van der Waals surface area (Å²) in [7, 11) is 1.88. The van der Waals surface area contributed by atoms with Crippen molar-refractivity contribution < 1.29 is 4.79 Å². The Morgan fingerprint density at radius 1 is 1.08 bits per heavy atom. The third-order valence-corrected chi connectivity index (χ3v) is 6.22. The molecule has 0 fully saturated rings. The molecule has 2 aromatic carbocycles. The normalized spacial score (nSPS) is 13.9. The number of hydrogen-bond donors (Lipinski definition) is 0. The molecule has 0 N–H and O–H groups in total. The minimum Gasteiger partial charge on any atom is -0.312 e. The minimum atomic E-state index is -0.285. The van der Waals surface area contributed by atoms with E-state index in [0.29, 0.717) is 0 Å². The molecule has 25 heavy (non-hydrogen) atoms. The third-order valence-electron chi connectivity index (χ3n) is 3.95. The van der Waals surface area contributed by atoms with Gasteiger partial charge in [-0.25, -0.2) is 0 Å². The molecule has 1 aliphatic rings. The van der Waals surface area contributed by atoms with Gasteiger partial charge < -0.3 is 4.57 Å². The Kier molecular flexibility index (Phi) is 4.27. The largest absolute Gasteiger partial charge is 0.312 e. The molecule has 0 saturated heterocycles. The fourth-order valence-electron chi connectivity index (χ4n) is 2.71. The molecule has 7 heteroatoms. The Bertz CT molecular complexity index is 895. The number of fused-ring (bicyclic) bond motifs is 2. The van der Waals surface area contributed by atoms with Crippen LogP contribution in [0.2, 0.25) is 0 Å². The van der Waals surface area contributed by atoms with Gasteiger partial charge in [0.05, 0.1) is 16.6 Å². The van der Waals surface area contributed by atoms with Gasteiger partial charge in [0.2, 0.25) is 5.91 Å². The van der Waals surface area contributed by atoms with Crippen molar-refractivity contribution in [3.63, 3.8) is 0 Å². The molecule has 0 unspecified atom stereocenters. The number of aryl methyl sites for hydroxylation is 1. The second-order valence-electron chi connectivity index (χ2n) is 5.70. The molecule has 3 aromatic rings. The maximum atomic E-state index is 13.3. The number of carbonyl (C=O) groups is 1. The van der Waals surface area contributed by atoms with Crippen LogP contribution >= 0.6 is 23.5 Å². The molecular weight excluding hydrogens is 352 g/mol. The fraction of sp³-hybridized carbons (Fsp3) is 0.167. The lowest BCUT2D eigenvalue weighted by Gasteiger charge is -2.32. The summed E-state index contributed by atoms with van der Waals surface area (Å²) in [5.74, 6) is 0.0354. The summed E-state index contributed by atoms with van der Waals surface area (Å²) < 4.78 is 1.82. The Labute approximate surface area is 154 Å².